The van der Waals surface area contributed by atoms with Crippen molar-refractivity contribution in [3.8, 4) is 5.75 Å². The van der Waals surface area contributed by atoms with Crippen molar-refractivity contribution in [2.24, 2.45) is 0 Å². The van der Waals surface area contributed by atoms with E-state index in [9.17, 15) is 4.79 Å². The molecule has 1 unspecified atom stereocenters. The smallest absolute Gasteiger partial charge is 0.315 e. The number of ether oxygens (including phenoxy) is 1. The van der Waals surface area contributed by atoms with E-state index in [1.807, 2.05) is 56.3 Å². The molecular formula is C19H24N2O2. The van der Waals surface area contributed by atoms with Gasteiger partial charge in [-0.15, -0.1) is 0 Å². The molecule has 2 N–H and O–H groups in total. The molecule has 2 rings (SSSR count). The summed E-state index contributed by atoms with van der Waals surface area (Å²) in [7, 11) is 0. The number of nitrogens with one attached hydrogen (secondary N) is 2. The fourth-order valence-electron chi connectivity index (χ4n) is 2.36. The van der Waals surface area contributed by atoms with Crippen LogP contribution >= 0.6 is 0 Å². The van der Waals surface area contributed by atoms with E-state index in [4.69, 9.17) is 4.74 Å². The first-order valence-corrected chi connectivity index (χ1v) is 7.85. The number of urea groups is 1. The van der Waals surface area contributed by atoms with Gasteiger partial charge in [-0.25, -0.2) is 4.79 Å². The quantitative estimate of drug-likeness (QED) is 0.798. The van der Waals surface area contributed by atoms with Crippen LogP contribution in [0.1, 0.15) is 29.7 Å². The maximum atomic E-state index is 11.9. The van der Waals surface area contributed by atoms with Gasteiger partial charge in [0.15, 0.2) is 0 Å². The van der Waals surface area contributed by atoms with Gasteiger partial charge in [-0.3, -0.25) is 0 Å². The Balaban J connectivity index is 1.70. The van der Waals surface area contributed by atoms with Gasteiger partial charge < -0.3 is 15.4 Å². The highest BCUT2D eigenvalue weighted by Gasteiger charge is 2.08. The van der Waals surface area contributed by atoms with E-state index >= 15 is 0 Å². The monoisotopic (exact) mass is 312 g/mol. The summed E-state index contributed by atoms with van der Waals surface area (Å²) in [5.41, 5.74) is 3.39. The van der Waals surface area contributed by atoms with Crippen molar-refractivity contribution in [2.75, 3.05) is 13.2 Å². The molecule has 0 aliphatic heterocycles. The molecule has 2 amide bonds. The van der Waals surface area contributed by atoms with Crippen LogP contribution in [0.2, 0.25) is 0 Å². The van der Waals surface area contributed by atoms with Gasteiger partial charge in [-0.1, -0.05) is 48.0 Å². The fourth-order valence-corrected chi connectivity index (χ4v) is 2.36. The van der Waals surface area contributed by atoms with Crippen LogP contribution in [0.25, 0.3) is 0 Å². The number of aryl methyl sites for hydroxylation is 2. The minimum absolute atomic E-state index is 0.0311. The third kappa shape index (κ3) is 5.33. The number of amides is 2. The standard InChI is InChI=1S/C19H24N2O2/c1-14-9-10-18(15(2)13-14)23-12-11-20-19(22)21-16(3)17-7-5-4-6-8-17/h4-10,13,16H,11-12H2,1-3H3,(H2,20,21,22). The molecule has 0 aromatic heterocycles. The van der Waals surface area contributed by atoms with Crippen LogP contribution in [0, 0.1) is 13.8 Å². The Hall–Kier alpha value is -2.49. The summed E-state index contributed by atoms with van der Waals surface area (Å²) in [6.45, 7) is 6.93. The zero-order chi connectivity index (χ0) is 16.7. The molecule has 0 fully saturated rings. The van der Waals surface area contributed by atoms with E-state index in [1.165, 1.54) is 5.56 Å². The highest BCUT2D eigenvalue weighted by atomic mass is 16.5. The molecule has 0 saturated carbocycles. The van der Waals surface area contributed by atoms with E-state index < -0.39 is 0 Å². The first-order valence-electron chi connectivity index (χ1n) is 7.85. The number of benzene rings is 2. The van der Waals surface area contributed by atoms with Crippen LogP contribution in [-0.4, -0.2) is 19.2 Å². The highest BCUT2D eigenvalue weighted by Crippen LogP contribution is 2.18. The number of hydrogen-bond acceptors (Lipinski definition) is 2. The summed E-state index contributed by atoms with van der Waals surface area (Å²) < 4.78 is 5.69. The van der Waals surface area contributed by atoms with Crippen LogP contribution in [-0.2, 0) is 0 Å². The normalized spacial score (nSPS) is 11.6. The van der Waals surface area contributed by atoms with Crippen molar-refractivity contribution < 1.29 is 9.53 Å². The van der Waals surface area contributed by atoms with Gasteiger partial charge in [0.05, 0.1) is 12.6 Å². The summed E-state index contributed by atoms with van der Waals surface area (Å²) in [5, 5.41) is 5.72. The van der Waals surface area contributed by atoms with Crippen LogP contribution < -0.4 is 15.4 Å². The van der Waals surface area contributed by atoms with Crippen molar-refractivity contribution in [3.05, 3.63) is 65.2 Å². The fraction of sp³-hybridized carbons (Fsp3) is 0.316. The molecule has 0 bridgehead atoms. The third-order valence-corrected chi connectivity index (χ3v) is 3.62. The zero-order valence-electron chi connectivity index (χ0n) is 13.9. The Morgan fingerprint density at radius 1 is 1.13 bits per heavy atom. The summed E-state index contributed by atoms with van der Waals surface area (Å²) in [6.07, 6.45) is 0. The predicted molar refractivity (Wildman–Crippen MR) is 92.8 cm³/mol. The van der Waals surface area contributed by atoms with Gasteiger partial charge in [0.1, 0.15) is 12.4 Å². The predicted octanol–water partition coefficient (Wildman–Crippen LogP) is 3.74. The lowest BCUT2D eigenvalue weighted by Crippen LogP contribution is -2.39. The van der Waals surface area contributed by atoms with Crippen molar-refractivity contribution in [2.45, 2.75) is 26.8 Å². The summed E-state index contributed by atoms with van der Waals surface area (Å²) in [6, 6.07) is 15.7. The van der Waals surface area contributed by atoms with Gasteiger partial charge >= 0.3 is 6.03 Å². The van der Waals surface area contributed by atoms with E-state index in [-0.39, 0.29) is 12.1 Å². The molecular weight excluding hydrogens is 288 g/mol. The topological polar surface area (TPSA) is 50.4 Å². The average Bonchev–Trinajstić information content (AvgIpc) is 2.54. The molecule has 0 aliphatic rings. The maximum absolute atomic E-state index is 11.9. The molecule has 1 atom stereocenters. The second-order valence-corrected chi connectivity index (χ2v) is 5.65. The Morgan fingerprint density at radius 2 is 1.87 bits per heavy atom. The number of hydrogen-bond donors (Lipinski definition) is 2. The highest BCUT2D eigenvalue weighted by molar-refractivity contribution is 5.74. The molecule has 4 nitrogen and oxygen atoms in total. The molecule has 2 aromatic rings. The summed E-state index contributed by atoms with van der Waals surface area (Å²) in [5.74, 6) is 0.857. The largest absolute Gasteiger partial charge is 0.491 e. The van der Waals surface area contributed by atoms with Gasteiger partial charge in [-0.2, -0.15) is 0 Å². The Bertz CT molecular complexity index is 641. The Morgan fingerprint density at radius 3 is 2.57 bits per heavy atom. The lowest BCUT2D eigenvalue weighted by atomic mass is 10.1. The van der Waals surface area contributed by atoms with E-state index in [0.29, 0.717) is 13.2 Å². The second kappa shape index (κ2) is 8.22. The minimum Gasteiger partial charge on any atom is -0.491 e. The summed E-state index contributed by atoms with van der Waals surface area (Å²) in [4.78, 5) is 11.9. The van der Waals surface area contributed by atoms with Gasteiger partial charge in [0.25, 0.3) is 0 Å². The minimum atomic E-state index is -0.189. The summed E-state index contributed by atoms with van der Waals surface area (Å²) >= 11 is 0. The van der Waals surface area contributed by atoms with Crippen molar-refractivity contribution in [3.63, 3.8) is 0 Å². The van der Waals surface area contributed by atoms with Gasteiger partial charge in [0, 0.05) is 0 Å². The molecule has 0 spiro atoms. The molecule has 122 valence electrons. The van der Waals surface area contributed by atoms with Crippen LogP contribution in [0.5, 0.6) is 5.75 Å². The molecule has 2 aromatic carbocycles. The van der Waals surface area contributed by atoms with Crippen molar-refractivity contribution in [1.82, 2.24) is 10.6 Å². The van der Waals surface area contributed by atoms with E-state index in [0.717, 1.165) is 16.9 Å². The average molecular weight is 312 g/mol. The van der Waals surface area contributed by atoms with Crippen molar-refractivity contribution in [1.29, 1.82) is 0 Å². The maximum Gasteiger partial charge on any atom is 0.315 e. The first-order chi connectivity index (χ1) is 11.1. The van der Waals surface area contributed by atoms with Crippen LogP contribution in [0.15, 0.2) is 48.5 Å². The molecule has 0 heterocycles. The molecule has 4 heteroatoms. The molecule has 23 heavy (non-hydrogen) atoms. The third-order valence-electron chi connectivity index (χ3n) is 3.62. The van der Waals surface area contributed by atoms with Crippen LogP contribution in [0.4, 0.5) is 4.79 Å². The van der Waals surface area contributed by atoms with Crippen LogP contribution in [0.3, 0.4) is 0 Å². The molecule has 0 radical (unpaired) electrons. The number of carbonyl (C=O) groups is 1. The first kappa shape index (κ1) is 16.9. The lowest BCUT2D eigenvalue weighted by Gasteiger charge is -2.15. The Kier molecular flexibility index (Phi) is 6.03. The molecule has 0 saturated heterocycles. The van der Waals surface area contributed by atoms with E-state index in [2.05, 4.69) is 23.6 Å². The Labute approximate surface area is 137 Å². The van der Waals surface area contributed by atoms with Gasteiger partial charge in [0.2, 0.25) is 0 Å². The van der Waals surface area contributed by atoms with Crippen molar-refractivity contribution >= 4 is 6.03 Å². The lowest BCUT2D eigenvalue weighted by molar-refractivity contribution is 0.233. The number of rotatable bonds is 6. The zero-order valence-corrected chi connectivity index (χ0v) is 13.9. The van der Waals surface area contributed by atoms with E-state index in [1.54, 1.807) is 0 Å². The molecule has 0 aliphatic carbocycles. The SMILES string of the molecule is Cc1ccc(OCCNC(=O)NC(C)c2ccccc2)c(C)c1. The number of carbonyl (C=O) groups excluding carboxylic acids is 1. The second-order valence-electron chi connectivity index (χ2n) is 5.65. The van der Waals surface area contributed by atoms with Gasteiger partial charge in [-0.05, 0) is 38.0 Å².